The molecule has 0 aliphatic heterocycles. The van der Waals surface area contributed by atoms with Gasteiger partial charge in [0.25, 0.3) is 0 Å². The quantitative estimate of drug-likeness (QED) is 0.846. The molecule has 0 aromatic carbocycles. The van der Waals surface area contributed by atoms with Crippen LogP contribution in [-0.2, 0) is 13.0 Å². The van der Waals surface area contributed by atoms with Gasteiger partial charge in [0.05, 0.1) is 6.54 Å². The minimum atomic E-state index is 0.256. The molecule has 5 nitrogen and oxygen atoms in total. The van der Waals surface area contributed by atoms with Crippen LogP contribution < -0.4 is 0 Å². The number of nitrogens with zero attached hydrogens (tertiary/aromatic N) is 3. The highest BCUT2D eigenvalue weighted by atomic mass is 16.5. The second-order valence-electron chi connectivity index (χ2n) is 5.47. The standard InChI is InChI=1S/C14H15N3O2/c18-12-3-1-2-10-6-17(7-11(10)12)8-13-15-14(19-16-13)9-4-5-9/h6-7,9H,1-5,8H2. The summed E-state index contributed by atoms with van der Waals surface area (Å²) in [5.41, 5.74) is 2.03. The Kier molecular flexibility index (Phi) is 2.33. The van der Waals surface area contributed by atoms with Crippen LogP contribution in [-0.4, -0.2) is 20.5 Å². The molecule has 0 spiro atoms. The average molecular weight is 257 g/mol. The van der Waals surface area contributed by atoms with Gasteiger partial charge in [-0.05, 0) is 31.2 Å². The van der Waals surface area contributed by atoms with Crippen LogP contribution in [0.1, 0.15) is 59.2 Å². The third kappa shape index (κ3) is 1.99. The lowest BCUT2D eigenvalue weighted by molar-refractivity contribution is 0.0973. The number of aryl methyl sites for hydroxylation is 1. The van der Waals surface area contributed by atoms with E-state index in [-0.39, 0.29) is 5.78 Å². The van der Waals surface area contributed by atoms with Gasteiger partial charge in [-0.3, -0.25) is 4.79 Å². The second kappa shape index (κ2) is 4.05. The van der Waals surface area contributed by atoms with Crippen molar-refractivity contribution in [3.63, 3.8) is 0 Å². The van der Waals surface area contributed by atoms with Gasteiger partial charge in [-0.1, -0.05) is 5.16 Å². The van der Waals surface area contributed by atoms with Gasteiger partial charge in [0, 0.05) is 30.3 Å². The highest BCUT2D eigenvalue weighted by molar-refractivity contribution is 5.98. The van der Waals surface area contributed by atoms with Crippen LogP contribution in [0.25, 0.3) is 0 Å². The van der Waals surface area contributed by atoms with Crippen molar-refractivity contribution in [1.82, 2.24) is 14.7 Å². The van der Waals surface area contributed by atoms with Crippen LogP contribution in [0.5, 0.6) is 0 Å². The molecule has 5 heteroatoms. The predicted octanol–water partition coefficient (Wildman–Crippen LogP) is 2.32. The minimum Gasteiger partial charge on any atom is -0.346 e. The summed E-state index contributed by atoms with van der Waals surface area (Å²) >= 11 is 0. The molecule has 0 saturated heterocycles. The van der Waals surface area contributed by atoms with Gasteiger partial charge >= 0.3 is 0 Å². The van der Waals surface area contributed by atoms with E-state index in [1.807, 2.05) is 17.0 Å². The van der Waals surface area contributed by atoms with Crippen molar-refractivity contribution in [2.45, 2.75) is 44.6 Å². The summed E-state index contributed by atoms with van der Waals surface area (Å²) in [5, 5.41) is 4.01. The maximum atomic E-state index is 11.8. The van der Waals surface area contributed by atoms with Gasteiger partial charge in [0.2, 0.25) is 5.89 Å². The van der Waals surface area contributed by atoms with E-state index >= 15 is 0 Å². The molecule has 0 amide bonds. The molecule has 0 bridgehead atoms. The number of hydrogen-bond acceptors (Lipinski definition) is 4. The first-order chi connectivity index (χ1) is 9.29. The fourth-order valence-electron chi connectivity index (χ4n) is 2.66. The molecule has 1 fully saturated rings. The maximum absolute atomic E-state index is 11.8. The monoisotopic (exact) mass is 257 g/mol. The molecule has 19 heavy (non-hydrogen) atoms. The van der Waals surface area contributed by atoms with Crippen LogP contribution in [0, 0.1) is 0 Å². The fourth-order valence-corrected chi connectivity index (χ4v) is 2.66. The number of aromatic nitrogens is 3. The normalized spacial score (nSPS) is 18.6. The Morgan fingerprint density at radius 2 is 2.21 bits per heavy atom. The molecule has 4 rings (SSSR count). The van der Waals surface area contributed by atoms with Crippen LogP contribution in [0.4, 0.5) is 0 Å². The molecule has 0 atom stereocenters. The average Bonchev–Trinajstić information content (AvgIpc) is 3.00. The van der Waals surface area contributed by atoms with Crippen LogP contribution in [0.15, 0.2) is 16.9 Å². The van der Waals surface area contributed by atoms with E-state index in [9.17, 15) is 4.79 Å². The van der Waals surface area contributed by atoms with E-state index < -0.39 is 0 Å². The van der Waals surface area contributed by atoms with Crippen molar-refractivity contribution < 1.29 is 9.32 Å². The van der Waals surface area contributed by atoms with Crippen LogP contribution in [0.3, 0.4) is 0 Å². The molecule has 98 valence electrons. The third-order valence-corrected chi connectivity index (χ3v) is 3.85. The van der Waals surface area contributed by atoms with E-state index in [0.29, 0.717) is 24.7 Å². The highest BCUT2D eigenvalue weighted by Gasteiger charge is 2.29. The zero-order valence-corrected chi connectivity index (χ0v) is 10.6. The molecule has 2 aliphatic carbocycles. The van der Waals surface area contributed by atoms with E-state index in [0.717, 1.165) is 42.7 Å². The van der Waals surface area contributed by atoms with Crippen molar-refractivity contribution in [2.24, 2.45) is 0 Å². The summed E-state index contributed by atoms with van der Waals surface area (Å²) in [5.74, 6) is 2.21. The molecule has 0 unspecified atom stereocenters. The lowest BCUT2D eigenvalue weighted by Crippen LogP contribution is -2.07. The van der Waals surface area contributed by atoms with Crippen molar-refractivity contribution in [3.8, 4) is 0 Å². The Morgan fingerprint density at radius 1 is 1.32 bits per heavy atom. The molecule has 0 N–H and O–H groups in total. The summed E-state index contributed by atoms with van der Waals surface area (Å²) in [4.78, 5) is 16.2. The van der Waals surface area contributed by atoms with Crippen molar-refractivity contribution in [3.05, 3.63) is 35.2 Å². The van der Waals surface area contributed by atoms with E-state index in [1.54, 1.807) is 0 Å². The second-order valence-corrected chi connectivity index (χ2v) is 5.47. The van der Waals surface area contributed by atoms with Crippen molar-refractivity contribution in [2.75, 3.05) is 0 Å². The van der Waals surface area contributed by atoms with Crippen molar-refractivity contribution >= 4 is 5.78 Å². The largest absolute Gasteiger partial charge is 0.346 e. The summed E-state index contributed by atoms with van der Waals surface area (Å²) in [6, 6.07) is 0. The number of Topliss-reactive ketones (excluding diaryl/α,β-unsaturated/α-hetero) is 1. The topological polar surface area (TPSA) is 60.9 Å². The molecular formula is C14H15N3O2. The number of ketones is 1. The van der Waals surface area contributed by atoms with Gasteiger partial charge < -0.3 is 9.09 Å². The van der Waals surface area contributed by atoms with E-state index in [2.05, 4.69) is 10.1 Å². The zero-order valence-electron chi connectivity index (χ0n) is 10.6. The molecule has 2 aliphatic rings. The highest BCUT2D eigenvalue weighted by Crippen LogP contribution is 2.38. The Balaban J connectivity index is 1.57. The SMILES string of the molecule is O=C1CCCc2cn(Cc3noc(C4CC4)n3)cc21. The smallest absolute Gasteiger partial charge is 0.229 e. The lowest BCUT2D eigenvalue weighted by Gasteiger charge is -2.07. The van der Waals surface area contributed by atoms with Gasteiger partial charge in [-0.2, -0.15) is 4.98 Å². The van der Waals surface area contributed by atoms with E-state index in [4.69, 9.17) is 4.52 Å². The predicted molar refractivity (Wildman–Crippen MR) is 67.1 cm³/mol. The maximum Gasteiger partial charge on any atom is 0.229 e. The lowest BCUT2D eigenvalue weighted by atomic mass is 9.95. The Hall–Kier alpha value is -1.91. The third-order valence-electron chi connectivity index (χ3n) is 3.85. The van der Waals surface area contributed by atoms with Gasteiger partial charge in [-0.15, -0.1) is 0 Å². The summed E-state index contributed by atoms with van der Waals surface area (Å²) in [6.45, 7) is 0.580. The number of fused-ring (bicyclic) bond motifs is 1. The van der Waals surface area contributed by atoms with Gasteiger partial charge in [0.1, 0.15) is 0 Å². The first kappa shape index (κ1) is 11.0. The Labute approximate surface area is 110 Å². The van der Waals surface area contributed by atoms with E-state index in [1.165, 1.54) is 0 Å². The summed E-state index contributed by atoms with van der Waals surface area (Å²) in [6.07, 6.45) is 8.91. The minimum absolute atomic E-state index is 0.256. The molecule has 2 heterocycles. The first-order valence-corrected chi connectivity index (χ1v) is 6.84. The van der Waals surface area contributed by atoms with Crippen LogP contribution >= 0.6 is 0 Å². The molecule has 0 radical (unpaired) electrons. The van der Waals surface area contributed by atoms with Gasteiger partial charge in [0.15, 0.2) is 11.6 Å². The Bertz CT molecular complexity index is 637. The number of rotatable bonds is 3. The number of hydrogen-bond donors (Lipinski definition) is 0. The van der Waals surface area contributed by atoms with Gasteiger partial charge in [-0.25, -0.2) is 0 Å². The molecule has 1 saturated carbocycles. The molecular weight excluding hydrogens is 242 g/mol. The number of carbonyl (C=O) groups excluding carboxylic acids is 1. The summed E-state index contributed by atoms with van der Waals surface area (Å²) < 4.78 is 7.24. The molecule has 2 aromatic heterocycles. The van der Waals surface area contributed by atoms with Crippen molar-refractivity contribution in [1.29, 1.82) is 0 Å². The molecule has 2 aromatic rings. The zero-order chi connectivity index (χ0) is 12.8. The first-order valence-electron chi connectivity index (χ1n) is 6.84. The fraction of sp³-hybridized carbons (Fsp3) is 0.500. The summed E-state index contributed by atoms with van der Waals surface area (Å²) in [7, 11) is 0. The van der Waals surface area contributed by atoms with Crippen LogP contribution in [0.2, 0.25) is 0 Å². The number of carbonyl (C=O) groups is 1. The Morgan fingerprint density at radius 3 is 3.00 bits per heavy atom.